The quantitative estimate of drug-likeness (QED) is 0.350. The van der Waals surface area contributed by atoms with Crippen LogP contribution in [0.1, 0.15) is 0 Å². The molecule has 0 saturated carbocycles. The third-order valence-corrected chi connectivity index (χ3v) is 0. The lowest BCUT2D eigenvalue weighted by Crippen LogP contribution is -1.96. The van der Waals surface area contributed by atoms with Gasteiger partial charge in [-0.2, -0.15) is 5.50 Å². The fraction of sp³-hybridized carbons (Fsp3) is 1.00. The molecule has 0 amide bonds. The minimum atomic E-state index is -2.89. The van der Waals surface area contributed by atoms with Crippen LogP contribution in [0.4, 0.5) is 0 Å². The zero-order valence-electron chi connectivity index (χ0n) is 2.92. The Bertz CT molecular complexity index is 25.1. The van der Waals surface area contributed by atoms with E-state index in [1.54, 1.807) is 0 Å². The van der Waals surface area contributed by atoms with Crippen LogP contribution in [0.5, 0.6) is 0 Å². The smallest absolute Gasteiger partial charge is 0.202 e. The third kappa shape index (κ3) is 239. The molecule has 0 heterocycles. The van der Waals surface area contributed by atoms with Crippen LogP contribution in [0.3, 0.4) is 0 Å². The Morgan fingerprint density at radius 3 is 1.60 bits per heavy atom. The summed E-state index contributed by atoms with van der Waals surface area (Å²) in [6.07, 6.45) is 0. The number of hydrogen-bond acceptors (Lipinski definition) is 3. The molecule has 0 radical (unpaired) electrons. The predicted octanol–water partition coefficient (Wildman–Crippen LogP) is -0.678. The summed E-state index contributed by atoms with van der Waals surface area (Å²) in [5.74, 6) is 0. The first kappa shape index (κ1) is 5.31. The molecule has 0 spiro atoms. The third-order valence-electron chi connectivity index (χ3n) is 0. The van der Waals surface area contributed by atoms with Crippen molar-refractivity contribution >= 4 is 7.87 Å². The van der Waals surface area contributed by atoms with Crippen molar-refractivity contribution in [3.63, 3.8) is 0 Å². The average molecular weight is 96.0 g/mol. The summed E-state index contributed by atoms with van der Waals surface area (Å²) in [6.45, 7) is 1.19. The fourth-order valence-electron chi connectivity index (χ4n) is 0. The molecule has 0 aliphatic heterocycles. The van der Waals surface area contributed by atoms with Crippen molar-refractivity contribution in [3.8, 4) is 0 Å². The molecule has 0 saturated heterocycles. The zero-order valence-corrected chi connectivity index (χ0v) is 3.81. The minimum absolute atomic E-state index is 1.19. The van der Waals surface area contributed by atoms with E-state index in [1.165, 1.54) is 6.66 Å². The van der Waals surface area contributed by atoms with Crippen molar-refractivity contribution in [1.29, 1.82) is 0 Å². The Kier molecular flexibility index (Phi) is 1.26. The van der Waals surface area contributed by atoms with Gasteiger partial charge in [0.25, 0.3) is 0 Å². The first-order valence-corrected chi connectivity index (χ1v) is 3.32. The van der Waals surface area contributed by atoms with E-state index in [2.05, 4.69) is 5.50 Å². The molecule has 32 valence electrons. The second-order valence-electron chi connectivity index (χ2n) is 0.979. The summed E-state index contributed by atoms with van der Waals surface area (Å²) >= 11 is 0. The molecule has 4 N–H and O–H groups in total. The number of nitrogens with two attached hydrogens (primary N) is 1. The predicted molar refractivity (Wildman–Crippen MR) is 21.5 cm³/mol. The van der Waals surface area contributed by atoms with Gasteiger partial charge in [0.1, 0.15) is 6.66 Å². The molecular weight excluding hydrogens is 89.0 g/mol. The van der Waals surface area contributed by atoms with E-state index in [0.29, 0.717) is 0 Å². The van der Waals surface area contributed by atoms with Gasteiger partial charge in [0.2, 0.25) is 0 Å². The molecule has 0 rings (SSSR count). The van der Waals surface area contributed by atoms with Crippen molar-refractivity contribution in [2.24, 2.45) is 5.50 Å². The summed E-state index contributed by atoms with van der Waals surface area (Å²) in [5, 5.41) is 0. The molecule has 4 heteroatoms. The SMILES string of the molecule is C[P+](N)(O)O. The van der Waals surface area contributed by atoms with Crippen LogP contribution in [0, 0.1) is 0 Å². The summed E-state index contributed by atoms with van der Waals surface area (Å²) in [4.78, 5) is 15.9. The maximum Gasteiger partial charge on any atom is 0.333 e. The Balaban J connectivity index is 3.02. The lowest BCUT2D eigenvalue weighted by atomic mass is 12.0. The second kappa shape index (κ2) is 1.19. The molecule has 0 aromatic rings. The summed E-state index contributed by atoms with van der Waals surface area (Å²) in [6, 6.07) is 0. The lowest BCUT2D eigenvalue weighted by molar-refractivity contribution is 0.460. The van der Waals surface area contributed by atoms with Gasteiger partial charge in [-0.15, -0.1) is 0 Å². The van der Waals surface area contributed by atoms with Crippen molar-refractivity contribution < 1.29 is 9.79 Å². The molecule has 0 aromatic carbocycles. The number of hydrogen-bond donors (Lipinski definition) is 3. The summed E-state index contributed by atoms with van der Waals surface area (Å²) < 4.78 is 0. The zero-order chi connectivity index (χ0) is 4.50. The van der Waals surface area contributed by atoms with Crippen LogP contribution in [-0.4, -0.2) is 16.5 Å². The van der Waals surface area contributed by atoms with E-state index >= 15 is 0 Å². The molecule has 0 aliphatic rings. The molecule has 0 bridgehead atoms. The molecule has 0 aromatic heterocycles. The molecule has 3 nitrogen and oxygen atoms in total. The van der Waals surface area contributed by atoms with E-state index in [0.717, 1.165) is 0 Å². The Hall–Kier alpha value is 0.310. The molecule has 0 aliphatic carbocycles. The van der Waals surface area contributed by atoms with E-state index in [1.807, 2.05) is 0 Å². The van der Waals surface area contributed by atoms with Crippen LogP contribution in [-0.2, 0) is 0 Å². The van der Waals surface area contributed by atoms with Gasteiger partial charge in [-0.3, -0.25) is 0 Å². The van der Waals surface area contributed by atoms with Crippen molar-refractivity contribution in [2.75, 3.05) is 6.66 Å². The first-order chi connectivity index (χ1) is 2.00. The highest BCUT2D eigenvalue weighted by molar-refractivity contribution is 7.61. The topological polar surface area (TPSA) is 66.5 Å². The fourth-order valence-corrected chi connectivity index (χ4v) is 0. The van der Waals surface area contributed by atoms with Gasteiger partial charge in [0.05, 0.1) is 0 Å². The van der Waals surface area contributed by atoms with Gasteiger partial charge in [0.15, 0.2) is 0 Å². The standard InChI is InChI=1S/CH7NO2P/c1-5(2,3)4/h3-4H,2H2,1H3/q+1. The van der Waals surface area contributed by atoms with Gasteiger partial charge in [0, 0.05) is 0 Å². The van der Waals surface area contributed by atoms with Gasteiger partial charge in [-0.1, -0.05) is 0 Å². The van der Waals surface area contributed by atoms with Crippen LogP contribution in [0.25, 0.3) is 0 Å². The van der Waals surface area contributed by atoms with E-state index in [4.69, 9.17) is 9.79 Å². The van der Waals surface area contributed by atoms with Crippen molar-refractivity contribution in [1.82, 2.24) is 0 Å². The molecule has 0 fully saturated rings. The van der Waals surface area contributed by atoms with Gasteiger partial charge < -0.3 is 0 Å². The first-order valence-electron chi connectivity index (χ1n) is 1.11. The van der Waals surface area contributed by atoms with Gasteiger partial charge >= 0.3 is 7.87 Å². The minimum Gasteiger partial charge on any atom is -0.202 e. The van der Waals surface area contributed by atoms with Crippen molar-refractivity contribution in [3.05, 3.63) is 0 Å². The van der Waals surface area contributed by atoms with Crippen LogP contribution < -0.4 is 5.50 Å². The largest absolute Gasteiger partial charge is 0.333 e. The highest BCUT2D eigenvalue weighted by Gasteiger charge is 2.13. The average Bonchev–Trinajstić information content (AvgIpc) is 0.722. The van der Waals surface area contributed by atoms with Gasteiger partial charge in [-0.05, 0) is 0 Å². The van der Waals surface area contributed by atoms with Crippen LogP contribution in [0.15, 0.2) is 0 Å². The Labute approximate surface area is 31.0 Å². The Morgan fingerprint density at radius 2 is 1.60 bits per heavy atom. The molecule has 5 heavy (non-hydrogen) atoms. The van der Waals surface area contributed by atoms with Crippen LogP contribution >= 0.6 is 7.87 Å². The number of rotatable bonds is 0. The molecule has 0 unspecified atom stereocenters. The maximum absolute atomic E-state index is 7.97. The van der Waals surface area contributed by atoms with Gasteiger partial charge in [-0.25, -0.2) is 9.79 Å². The summed E-state index contributed by atoms with van der Waals surface area (Å²) in [5.41, 5.74) is 4.58. The van der Waals surface area contributed by atoms with Crippen LogP contribution in [0.2, 0.25) is 0 Å². The van der Waals surface area contributed by atoms with E-state index in [9.17, 15) is 0 Å². The highest BCUT2D eigenvalue weighted by Crippen LogP contribution is 2.32. The second-order valence-corrected chi connectivity index (χ2v) is 2.94. The lowest BCUT2D eigenvalue weighted by Gasteiger charge is -1.90. The maximum atomic E-state index is 7.97. The molecular formula is CH7NO2P+. The monoisotopic (exact) mass is 96.0 g/mol. The Morgan fingerprint density at radius 1 is 1.60 bits per heavy atom. The normalized spacial score (nSPS) is 12.0. The van der Waals surface area contributed by atoms with E-state index < -0.39 is 7.87 Å². The highest BCUT2D eigenvalue weighted by atomic mass is 31.2. The van der Waals surface area contributed by atoms with Crippen molar-refractivity contribution in [2.45, 2.75) is 0 Å². The summed E-state index contributed by atoms with van der Waals surface area (Å²) in [7, 11) is -2.89. The molecule has 0 atom stereocenters. The van der Waals surface area contributed by atoms with E-state index in [-0.39, 0.29) is 0 Å².